The molecule has 5 aromatic carbocycles. The maximum absolute atomic E-state index is 14.6. The number of aryl methyl sites for hydroxylation is 3. The molecule has 3 aliphatic rings. The minimum absolute atomic E-state index is 0.123. The molecule has 4 atom stereocenters. The third kappa shape index (κ3) is 13.7. The SMILES string of the molecule is CC[C@H](C(=O)N1CCCC[C@H]1C(=O)O[C@H](CCc1ccc(OC)c(OC)c1)c1ccccc1OCC(=O)NCCCOc1c(OC)cc(N=Nc2cccc3c2CN(C2CCC(=O)NC2=O)C3=O)cc1OC)c1cc(C)c(OC)c(C)c1. The Balaban J connectivity index is 0.897. The fourth-order valence-electron chi connectivity index (χ4n) is 10.9. The Morgan fingerprint density at radius 2 is 1.49 bits per heavy atom. The Morgan fingerprint density at radius 1 is 0.756 bits per heavy atom. The van der Waals surface area contributed by atoms with Crippen molar-refractivity contribution in [2.75, 3.05) is 61.9 Å². The topological polar surface area (TPSA) is 232 Å². The normalized spacial score (nSPS) is 16.7. The molecule has 0 bridgehead atoms. The predicted octanol–water partition coefficient (Wildman–Crippen LogP) is 9.28. The Bertz CT molecular complexity index is 3150. The van der Waals surface area contributed by atoms with Crippen LogP contribution in [-0.4, -0.2) is 119 Å². The van der Waals surface area contributed by atoms with Crippen LogP contribution in [0.25, 0.3) is 0 Å². The van der Waals surface area contributed by atoms with Crippen LogP contribution in [-0.2, 0) is 41.7 Å². The summed E-state index contributed by atoms with van der Waals surface area (Å²) in [6.45, 7) is 6.54. The number of hydrogen-bond donors (Lipinski definition) is 2. The van der Waals surface area contributed by atoms with Gasteiger partial charge in [-0.05, 0) is 118 Å². The van der Waals surface area contributed by atoms with E-state index in [0.717, 1.165) is 40.8 Å². The molecule has 2 fully saturated rings. The lowest BCUT2D eigenvalue weighted by atomic mass is 9.90. The second-order valence-electron chi connectivity index (χ2n) is 20.3. The van der Waals surface area contributed by atoms with Crippen LogP contribution in [0.2, 0.25) is 0 Å². The van der Waals surface area contributed by atoms with Crippen molar-refractivity contribution in [1.29, 1.82) is 0 Å². The number of fused-ring (bicyclic) bond motifs is 1. The quantitative estimate of drug-likeness (QED) is 0.0240. The monoisotopic (exact) mass is 1120 g/mol. The van der Waals surface area contributed by atoms with E-state index in [1.807, 2.05) is 63.2 Å². The van der Waals surface area contributed by atoms with E-state index in [0.29, 0.717) is 101 Å². The number of carbonyl (C=O) groups is 6. The molecule has 1 unspecified atom stereocenters. The van der Waals surface area contributed by atoms with Gasteiger partial charge in [0.2, 0.25) is 23.5 Å². The average molecular weight is 1130 g/mol. The molecule has 3 heterocycles. The van der Waals surface area contributed by atoms with Crippen LogP contribution in [0.15, 0.2) is 95.2 Å². The van der Waals surface area contributed by atoms with Gasteiger partial charge in [0.1, 0.15) is 29.7 Å². The van der Waals surface area contributed by atoms with E-state index >= 15 is 0 Å². The van der Waals surface area contributed by atoms with E-state index in [1.165, 1.54) is 19.1 Å². The zero-order chi connectivity index (χ0) is 58.5. The first-order valence-electron chi connectivity index (χ1n) is 27.6. The molecule has 0 saturated carbocycles. The Labute approximate surface area is 477 Å². The fraction of sp³-hybridized carbons (Fsp3) is 0.419. The molecule has 5 aromatic rings. The molecule has 0 spiro atoms. The summed E-state index contributed by atoms with van der Waals surface area (Å²) in [4.78, 5) is 83.4. The molecule has 20 heteroatoms. The first-order valence-corrected chi connectivity index (χ1v) is 27.6. The van der Waals surface area contributed by atoms with E-state index in [2.05, 4.69) is 20.9 Å². The van der Waals surface area contributed by atoms with Gasteiger partial charge in [-0.15, -0.1) is 0 Å². The summed E-state index contributed by atoms with van der Waals surface area (Å²) in [6, 6.07) is 23.6. The van der Waals surface area contributed by atoms with Gasteiger partial charge in [0.05, 0.1) is 59.4 Å². The zero-order valence-electron chi connectivity index (χ0n) is 47.8. The highest BCUT2D eigenvalue weighted by molar-refractivity contribution is 6.06. The molecule has 2 saturated heterocycles. The molecule has 82 heavy (non-hydrogen) atoms. The van der Waals surface area contributed by atoms with E-state index in [1.54, 1.807) is 68.7 Å². The van der Waals surface area contributed by atoms with Crippen molar-refractivity contribution in [3.8, 4) is 40.2 Å². The maximum atomic E-state index is 14.6. The third-order valence-electron chi connectivity index (χ3n) is 15.0. The number of nitrogens with zero attached hydrogens (tertiary/aromatic N) is 4. The molecule has 5 amide bonds. The standard InChI is InChI=1S/C62H72N6O14/c1-9-42(40-30-37(2)57(79-8)38(3)31-40)60(72)67-28-13-12-19-48(67)62(74)82-50(24-21-39-22-25-51(75-4)52(32-39)76-5)44-16-10-11-20-49(44)81-36-56(70)63-27-15-29-80-58-53(77-6)33-41(34-54(58)78-7)65-66-46-18-14-17-43-45(46)35-68(61(43)73)47-23-26-55(69)64-59(47)71/h10-11,14,16-18,20,22,25,30-34,42,47-48,50H,9,12-13,15,19,21,23-24,26-29,35-36H2,1-8H3,(H,63,70)(H,64,69,71)/t42-,47?,48-,50+/m0/s1. The van der Waals surface area contributed by atoms with Gasteiger partial charge < -0.3 is 53.0 Å². The summed E-state index contributed by atoms with van der Waals surface area (Å²) >= 11 is 0. The number of piperidine rings is 2. The van der Waals surface area contributed by atoms with Crippen molar-refractivity contribution < 1.29 is 66.7 Å². The number of rotatable bonds is 25. The number of esters is 1. The van der Waals surface area contributed by atoms with Gasteiger partial charge in [-0.1, -0.05) is 49.4 Å². The molecule has 3 aliphatic heterocycles. The van der Waals surface area contributed by atoms with Gasteiger partial charge in [0.15, 0.2) is 29.6 Å². The highest BCUT2D eigenvalue weighted by Gasteiger charge is 2.41. The first kappa shape index (κ1) is 59.4. The van der Waals surface area contributed by atoms with Crippen LogP contribution < -0.4 is 43.8 Å². The van der Waals surface area contributed by atoms with E-state index in [4.69, 9.17) is 37.9 Å². The molecule has 2 N–H and O–H groups in total. The van der Waals surface area contributed by atoms with Gasteiger partial charge in [0, 0.05) is 54.9 Å². The molecule has 0 radical (unpaired) electrons. The Morgan fingerprint density at radius 3 is 2.18 bits per heavy atom. The largest absolute Gasteiger partial charge is 0.496 e. The number of benzene rings is 5. The number of carbonyl (C=O) groups excluding carboxylic acids is 6. The summed E-state index contributed by atoms with van der Waals surface area (Å²) in [5.74, 6) is 0.562. The molecular formula is C62H72N6O14. The number of ether oxygens (including phenoxy) is 8. The summed E-state index contributed by atoms with van der Waals surface area (Å²) < 4.78 is 46.8. The number of azo groups is 1. The molecule has 8 rings (SSSR count). The smallest absolute Gasteiger partial charge is 0.329 e. The van der Waals surface area contributed by atoms with Gasteiger partial charge in [-0.3, -0.25) is 29.3 Å². The van der Waals surface area contributed by atoms with Crippen LogP contribution >= 0.6 is 0 Å². The lowest BCUT2D eigenvalue weighted by Gasteiger charge is -2.37. The molecule has 0 aromatic heterocycles. The van der Waals surface area contributed by atoms with Gasteiger partial charge in [-0.25, -0.2) is 4.79 Å². The third-order valence-corrected chi connectivity index (χ3v) is 15.0. The summed E-state index contributed by atoms with van der Waals surface area (Å²) in [5.41, 5.74) is 6.07. The number of likely N-dealkylation sites (tertiary alicyclic amines) is 1. The van der Waals surface area contributed by atoms with Crippen LogP contribution in [0, 0.1) is 13.8 Å². The second kappa shape index (κ2) is 27.7. The Kier molecular flexibility index (Phi) is 20.1. The number of imide groups is 1. The summed E-state index contributed by atoms with van der Waals surface area (Å²) in [6.07, 6.45) is 3.28. The first-order chi connectivity index (χ1) is 39.7. The summed E-state index contributed by atoms with van der Waals surface area (Å²) in [7, 11) is 7.73. The lowest BCUT2D eigenvalue weighted by molar-refractivity contribution is -0.162. The van der Waals surface area contributed by atoms with Crippen LogP contribution in [0.1, 0.15) is 114 Å². The summed E-state index contributed by atoms with van der Waals surface area (Å²) in [5, 5.41) is 14.1. The van der Waals surface area contributed by atoms with Gasteiger partial charge in [-0.2, -0.15) is 10.2 Å². The number of para-hydroxylation sites is 1. The number of methoxy groups -OCH3 is 5. The van der Waals surface area contributed by atoms with Gasteiger partial charge in [0.25, 0.3) is 11.8 Å². The molecular weight excluding hydrogens is 1050 g/mol. The Hall–Kier alpha value is -8.68. The van der Waals surface area contributed by atoms with Crippen molar-refractivity contribution in [3.05, 3.63) is 124 Å². The van der Waals surface area contributed by atoms with Crippen LogP contribution in [0.3, 0.4) is 0 Å². The van der Waals surface area contributed by atoms with Crippen LogP contribution in [0.5, 0.6) is 40.2 Å². The van der Waals surface area contributed by atoms with Crippen molar-refractivity contribution in [2.45, 2.75) is 109 Å². The molecule has 434 valence electrons. The zero-order valence-corrected chi connectivity index (χ0v) is 47.8. The maximum Gasteiger partial charge on any atom is 0.329 e. The minimum atomic E-state index is -0.827. The highest BCUT2D eigenvalue weighted by Crippen LogP contribution is 2.43. The number of hydrogen-bond acceptors (Lipinski definition) is 16. The minimum Gasteiger partial charge on any atom is -0.496 e. The van der Waals surface area contributed by atoms with Crippen LogP contribution in [0.4, 0.5) is 11.4 Å². The fourth-order valence-corrected chi connectivity index (χ4v) is 10.9. The second-order valence-corrected chi connectivity index (χ2v) is 20.3. The lowest BCUT2D eigenvalue weighted by Crippen LogP contribution is -2.52. The number of nitrogens with one attached hydrogen (secondary N) is 2. The van der Waals surface area contributed by atoms with E-state index in [9.17, 15) is 28.8 Å². The highest BCUT2D eigenvalue weighted by atomic mass is 16.6. The van der Waals surface area contributed by atoms with Crippen molar-refractivity contribution in [1.82, 2.24) is 20.4 Å². The van der Waals surface area contributed by atoms with E-state index in [-0.39, 0.29) is 62.8 Å². The van der Waals surface area contributed by atoms with E-state index < -0.39 is 36.0 Å². The molecule has 20 nitrogen and oxygen atoms in total. The van der Waals surface area contributed by atoms with Crippen molar-refractivity contribution in [2.24, 2.45) is 10.2 Å². The van der Waals surface area contributed by atoms with Crippen molar-refractivity contribution >= 4 is 46.9 Å². The average Bonchev–Trinajstić information content (AvgIpc) is 3.83. The van der Waals surface area contributed by atoms with Gasteiger partial charge >= 0.3 is 5.97 Å². The predicted molar refractivity (Wildman–Crippen MR) is 303 cm³/mol. The number of amides is 5. The van der Waals surface area contributed by atoms with Crippen molar-refractivity contribution in [3.63, 3.8) is 0 Å². The molecule has 0 aliphatic carbocycles.